The molecule has 1 saturated heterocycles. The van der Waals surface area contributed by atoms with Gasteiger partial charge in [0, 0.05) is 24.8 Å². The summed E-state index contributed by atoms with van der Waals surface area (Å²) in [5, 5.41) is 3.53. The summed E-state index contributed by atoms with van der Waals surface area (Å²) in [5.41, 5.74) is 1.13. The molecule has 1 aromatic rings. The van der Waals surface area contributed by atoms with E-state index in [2.05, 4.69) is 17.4 Å². The minimum Gasteiger partial charge on any atom is -0.469 e. The average Bonchev–Trinajstić information content (AvgIpc) is 3.12. The average molecular weight is 330 g/mol. The molecule has 0 unspecified atom stereocenters. The monoisotopic (exact) mass is 330 g/mol. The van der Waals surface area contributed by atoms with E-state index in [0.29, 0.717) is 6.04 Å². The Balaban J connectivity index is 1.52. The molecule has 2 fully saturated rings. The van der Waals surface area contributed by atoms with Crippen molar-refractivity contribution in [2.45, 2.75) is 38.1 Å². The van der Waals surface area contributed by atoms with E-state index in [4.69, 9.17) is 4.74 Å². The second-order valence-corrected chi connectivity index (χ2v) is 6.78. The molecule has 1 heterocycles. The molecule has 0 spiro atoms. The number of nitrogens with zero attached hydrogens (tertiary/aromatic N) is 1. The van der Waals surface area contributed by atoms with Crippen LogP contribution in [0.5, 0.6) is 0 Å². The number of hydrogen-bond donors (Lipinski definition) is 1. The molecule has 3 rings (SSSR count). The number of amides is 1. The van der Waals surface area contributed by atoms with Crippen molar-refractivity contribution >= 4 is 17.6 Å². The molecule has 24 heavy (non-hydrogen) atoms. The Morgan fingerprint density at radius 2 is 1.71 bits per heavy atom. The molecule has 1 aromatic carbocycles. The number of ether oxygens (including phenoxy) is 1. The van der Waals surface area contributed by atoms with E-state index in [1.807, 2.05) is 23.1 Å². The highest BCUT2D eigenvalue weighted by atomic mass is 16.5. The summed E-state index contributed by atoms with van der Waals surface area (Å²) < 4.78 is 4.87. The predicted molar refractivity (Wildman–Crippen MR) is 92.5 cm³/mol. The third-order valence-corrected chi connectivity index (χ3v) is 5.29. The quantitative estimate of drug-likeness (QED) is 0.862. The van der Waals surface area contributed by atoms with Gasteiger partial charge in [0.15, 0.2) is 0 Å². The van der Waals surface area contributed by atoms with Gasteiger partial charge in [-0.3, -0.25) is 9.59 Å². The van der Waals surface area contributed by atoms with Crippen LogP contribution in [0, 0.1) is 11.8 Å². The zero-order valence-corrected chi connectivity index (χ0v) is 14.2. The SMILES string of the molecule is COC(=O)[C@H]1CCC[C@@H]1C(=O)N1CCC(Nc2ccccc2)CC1. The van der Waals surface area contributed by atoms with Gasteiger partial charge in [0.05, 0.1) is 18.9 Å². The lowest BCUT2D eigenvalue weighted by Crippen LogP contribution is -2.46. The molecule has 5 heteroatoms. The number of esters is 1. The highest BCUT2D eigenvalue weighted by Gasteiger charge is 2.40. The number of para-hydroxylation sites is 1. The summed E-state index contributed by atoms with van der Waals surface area (Å²) in [6.07, 6.45) is 4.39. The van der Waals surface area contributed by atoms with Gasteiger partial charge in [-0.25, -0.2) is 0 Å². The summed E-state index contributed by atoms with van der Waals surface area (Å²) in [5.74, 6) is -0.522. The van der Waals surface area contributed by atoms with Gasteiger partial charge < -0.3 is 15.0 Å². The first-order valence-electron chi connectivity index (χ1n) is 8.87. The highest BCUT2D eigenvalue weighted by Crippen LogP contribution is 2.34. The maximum atomic E-state index is 12.8. The van der Waals surface area contributed by atoms with Gasteiger partial charge in [-0.15, -0.1) is 0 Å². The summed E-state index contributed by atoms with van der Waals surface area (Å²) in [6.45, 7) is 1.52. The number of rotatable bonds is 4. The minimum absolute atomic E-state index is 0.140. The van der Waals surface area contributed by atoms with Crippen LogP contribution < -0.4 is 5.32 Å². The summed E-state index contributed by atoms with van der Waals surface area (Å²) in [6, 6.07) is 10.6. The van der Waals surface area contributed by atoms with Gasteiger partial charge in [0.1, 0.15) is 0 Å². The lowest BCUT2D eigenvalue weighted by molar-refractivity contribution is -0.152. The van der Waals surface area contributed by atoms with Crippen molar-refractivity contribution in [1.29, 1.82) is 0 Å². The molecular formula is C19H26N2O3. The molecule has 0 bridgehead atoms. The number of nitrogens with one attached hydrogen (secondary N) is 1. The van der Waals surface area contributed by atoms with Crippen LogP contribution >= 0.6 is 0 Å². The number of carbonyl (C=O) groups is 2. The van der Waals surface area contributed by atoms with Crippen LogP contribution in [0.2, 0.25) is 0 Å². The van der Waals surface area contributed by atoms with Gasteiger partial charge in [-0.1, -0.05) is 24.6 Å². The lowest BCUT2D eigenvalue weighted by atomic mass is 9.93. The van der Waals surface area contributed by atoms with E-state index in [1.165, 1.54) is 7.11 Å². The lowest BCUT2D eigenvalue weighted by Gasteiger charge is -2.35. The molecule has 5 nitrogen and oxygen atoms in total. The third kappa shape index (κ3) is 3.71. The fraction of sp³-hybridized carbons (Fsp3) is 0.579. The molecule has 1 saturated carbocycles. The van der Waals surface area contributed by atoms with Gasteiger partial charge in [-0.05, 0) is 37.8 Å². The minimum atomic E-state index is -0.248. The number of methoxy groups -OCH3 is 1. The van der Waals surface area contributed by atoms with Crippen molar-refractivity contribution in [3.63, 3.8) is 0 Å². The molecule has 0 radical (unpaired) electrons. The van der Waals surface area contributed by atoms with Crippen LogP contribution in [0.1, 0.15) is 32.1 Å². The normalized spacial score (nSPS) is 24.6. The van der Waals surface area contributed by atoms with Crippen molar-refractivity contribution in [3.05, 3.63) is 30.3 Å². The molecule has 2 atom stereocenters. The first-order chi connectivity index (χ1) is 11.7. The maximum Gasteiger partial charge on any atom is 0.309 e. The van der Waals surface area contributed by atoms with Crippen molar-refractivity contribution in [2.24, 2.45) is 11.8 Å². The number of anilines is 1. The fourth-order valence-electron chi connectivity index (χ4n) is 3.94. The highest BCUT2D eigenvalue weighted by molar-refractivity contribution is 5.86. The standard InChI is InChI=1S/C19H26N2O3/c1-24-19(23)17-9-5-8-16(17)18(22)21-12-10-15(11-13-21)20-14-6-3-2-4-7-14/h2-4,6-7,15-17,20H,5,8-13H2,1H3/t16-,17-/m0/s1. The van der Waals surface area contributed by atoms with Gasteiger partial charge in [0.2, 0.25) is 5.91 Å². The van der Waals surface area contributed by atoms with E-state index in [9.17, 15) is 9.59 Å². The molecule has 130 valence electrons. The molecule has 2 aliphatic rings. The first-order valence-corrected chi connectivity index (χ1v) is 8.87. The van der Waals surface area contributed by atoms with Gasteiger partial charge in [-0.2, -0.15) is 0 Å². The maximum absolute atomic E-state index is 12.8. The predicted octanol–water partition coefficient (Wildman–Crippen LogP) is 2.68. The zero-order valence-electron chi connectivity index (χ0n) is 14.2. The van der Waals surface area contributed by atoms with E-state index >= 15 is 0 Å². The summed E-state index contributed by atoms with van der Waals surface area (Å²) in [7, 11) is 1.41. The molecule has 1 amide bonds. The van der Waals surface area contributed by atoms with Crippen molar-refractivity contribution in [3.8, 4) is 0 Å². The largest absolute Gasteiger partial charge is 0.469 e. The molecule has 1 aliphatic carbocycles. The Labute approximate surface area is 143 Å². The number of benzene rings is 1. The molecule has 1 N–H and O–H groups in total. The van der Waals surface area contributed by atoms with Crippen LogP contribution in [0.15, 0.2) is 30.3 Å². The zero-order chi connectivity index (χ0) is 16.9. The van der Waals surface area contributed by atoms with E-state index in [-0.39, 0.29) is 23.7 Å². The van der Waals surface area contributed by atoms with Crippen molar-refractivity contribution in [2.75, 3.05) is 25.5 Å². The third-order valence-electron chi connectivity index (χ3n) is 5.29. The topological polar surface area (TPSA) is 58.6 Å². The van der Waals surface area contributed by atoms with Gasteiger partial charge >= 0.3 is 5.97 Å². The van der Waals surface area contributed by atoms with E-state index in [1.54, 1.807) is 0 Å². The summed E-state index contributed by atoms with van der Waals surface area (Å²) in [4.78, 5) is 26.6. The Bertz CT molecular complexity index is 567. The smallest absolute Gasteiger partial charge is 0.309 e. The molecule has 1 aliphatic heterocycles. The van der Waals surface area contributed by atoms with E-state index in [0.717, 1.165) is 50.9 Å². The molecule has 0 aromatic heterocycles. The Morgan fingerprint density at radius 3 is 2.38 bits per heavy atom. The van der Waals surface area contributed by atoms with Gasteiger partial charge in [0.25, 0.3) is 0 Å². The van der Waals surface area contributed by atoms with Crippen molar-refractivity contribution < 1.29 is 14.3 Å². The van der Waals surface area contributed by atoms with Crippen LogP contribution in [-0.2, 0) is 14.3 Å². The first kappa shape index (κ1) is 16.8. The van der Waals surface area contributed by atoms with Crippen LogP contribution in [-0.4, -0.2) is 43.0 Å². The fourth-order valence-corrected chi connectivity index (χ4v) is 3.94. The number of carbonyl (C=O) groups excluding carboxylic acids is 2. The Kier molecular flexibility index (Phi) is 5.38. The van der Waals surface area contributed by atoms with Crippen LogP contribution in [0.25, 0.3) is 0 Å². The van der Waals surface area contributed by atoms with Crippen molar-refractivity contribution in [1.82, 2.24) is 4.90 Å². The summed E-state index contributed by atoms with van der Waals surface area (Å²) >= 11 is 0. The van der Waals surface area contributed by atoms with E-state index < -0.39 is 0 Å². The molecular weight excluding hydrogens is 304 g/mol. The van der Waals surface area contributed by atoms with Crippen LogP contribution in [0.4, 0.5) is 5.69 Å². The Morgan fingerprint density at radius 1 is 1.04 bits per heavy atom. The second-order valence-electron chi connectivity index (χ2n) is 6.78. The number of likely N-dealkylation sites (tertiary alicyclic amines) is 1. The number of piperidine rings is 1. The van der Waals surface area contributed by atoms with Crippen LogP contribution in [0.3, 0.4) is 0 Å². The Hall–Kier alpha value is -2.04. The second kappa shape index (κ2) is 7.69. The number of hydrogen-bond acceptors (Lipinski definition) is 4.